The molecule has 3 aromatic rings. The monoisotopic (exact) mass is 600 g/mol. The van der Waals surface area contributed by atoms with E-state index in [4.69, 9.17) is 39.5 Å². The number of benzene rings is 2. The van der Waals surface area contributed by atoms with Crippen LogP contribution < -0.4 is 9.64 Å². The largest absolute Gasteiger partial charge is 0.495 e. The molecule has 38 heavy (non-hydrogen) atoms. The molecule has 1 aliphatic rings. The summed E-state index contributed by atoms with van der Waals surface area (Å²) in [5.74, 6) is -0.0463. The lowest BCUT2D eigenvalue weighted by atomic mass is 10.1. The highest BCUT2D eigenvalue weighted by molar-refractivity contribution is 7.90. The van der Waals surface area contributed by atoms with Crippen molar-refractivity contribution in [1.29, 1.82) is 0 Å². The van der Waals surface area contributed by atoms with Gasteiger partial charge in [0.15, 0.2) is 0 Å². The van der Waals surface area contributed by atoms with Crippen molar-refractivity contribution in [2.24, 2.45) is 0 Å². The van der Waals surface area contributed by atoms with E-state index in [1.807, 2.05) is 44.1 Å². The molecule has 1 fully saturated rings. The second kappa shape index (κ2) is 11.1. The molecule has 0 saturated carbocycles. The van der Waals surface area contributed by atoms with E-state index in [-0.39, 0.29) is 4.90 Å². The summed E-state index contributed by atoms with van der Waals surface area (Å²) in [6, 6.07) is 10.6. The number of halogens is 3. The molecule has 0 bridgehead atoms. The minimum absolute atomic E-state index is 0.143. The van der Waals surface area contributed by atoms with Crippen LogP contribution in [0.15, 0.2) is 47.5 Å². The van der Waals surface area contributed by atoms with Crippen LogP contribution in [0.25, 0.3) is 10.9 Å². The molecule has 0 aliphatic carbocycles. The SMILES string of the molecule is COc1ccc(S(=O)(=O)n2cc(CCN(C)C)c3cc(C)ccc32)cc1N1CCN(C(=O)C(Cl)(Cl)Cl)CC1. The Hall–Kier alpha value is -2.17. The van der Waals surface area contributed by atoms with Crippen molar-refractivity contribution < 1.29 is 17.9 Å². The Morgan fingerprint density at radius 2 is 1.74 bits per heavy atom. The molecule has 1 saturated heterocycles. The highest BCUT2D eigenvalue weighted by Crippen LogP contribution is 2.35. The first-order chi connectivity index (χ1) is 17.8. The van der Waals surface area contributed by atoms with Crippen LogP contribution in [0.2, 0.25) is 0 Å². The van der Waals surface area contributed by atoms with Gasteiger partial charge in [-0.1, -0.05) is 46.4 Å². The van der Waals surface area contributed by atoms with E-state index in [1.165, 1.54) is 16.0 Å². The van der Waals surface area contributed by atoms with E-state index in [9.17, 15) is 13.2 Å². The summed E-state index contributed by atoms with van der Waals surface area (Å²) >= 11 is 17.3. The summed E-state index contributed by atoms with van der Waals surface area (Å²) in [5.41, 5.74) is 3.30. The van der Waals surface area contributed by atoms with Gasteiger partial charge >= 0.3 is 0 Å². The van der Waals surface area contributed by atoms with Crippen LogP contribution in [0.1, 0.15) is 11.1 Å². The predicted molar refractivity (Wildman–Crippen MR) is 154 cm³/mol. The molecule has 12 heteroatoms. The molecule has 0 atom stereocenters. The van der Waals surface area contributed by atoms with E-state index in [1.54, 1.807) is 24.4 Å². The lowest BCUT2D eigenvalue weighted by Crippen LogP contribution is -2.51. The number of nitrogens with zero attached hydrogens (tertiary/aromatic N) is 4. The zero-order chi connectivity index (χ0) is 27.8. The Morgan fingerprint density at radius 3 is 2.34 bits per heavy atom. The van der Waals surface area contributed by atoms with Crippen LogP contribution in [-0.2, 0) is 21.2 Å². The third kappa shape index (κ3) is 5.87. The molecular weight excluding hydrogens is 571 g/mol. The number of amides is 1. The van der Waals surface area contributed by atoms with Crippen molar-refractivity contribution in [3.8, 4) is 5.75 Å². The van der Waals surface area contributed by atoms with E-state index >= 15 is 0 Å². The average Bonchev–Trinajstić information content (AvgIpc) is 3.24. The van der Waals surface area contributed by atoms with Gasteiger partial charge in [0.25, 0.3) is 19.7 Å². The number of carbonyl (C=O) groups excluding carboxylic acids is 1. The molecular formula is C26H31Cl3N4O4S. The van der Waals surface area contributed by atoms with Crippen LogP contribution in [0, 0.1) is 6.92 Å². The number of aromatic nitrogens is 1. The predicted octanol–water partition coefficient (Wildman–Crippen LogP) is 4.32. The number of likely N-dealkylation sites (N-methyl/N-ethyl adjacent to an activating group) is 1. The molecule has 8 nitrogen and oxygen atoms in total. The van der Waals surface area contributed by atoms with Gasteiger partial charge in [-0.25, -0.2) is 12.4 Å². The molecule has 1 aromatic heterocycles. The van der Waals surface area contributed by atoms with E-state index in [0.717, 1.165) is 29.5 Å². The fourth-order valence-electron chi connectivity index (χ4n) is 4.64. The summed E-state index contributed by atoms with van der Waals surface area (Å²) in [7, 11) is 1.60. The lowest BCUT2D eigenvalue weighted by molar-refractivity contribution is -0.130. The number of alkyl halides is 3. The number of anilines is 1. The van der Waals surface area contributed by atoms with E-state index in [0.29, 0.717) is 43.1 Å². The Morgan fingerprint density at radius 1 is 1.05 bits per heavy atom. The zero-order valence-electron chi connectivity index (χ0n) is 21.7. The molecule has 4 rings (SSSR count). The molecule has 0 N–H and O–H groups in total. The van der Waals surface area contributed by atoms with Gasteiger partial charge in [-0.2, -0.15) is 0 Å². The van der Waals surface area contributed by atoms with Crippen LogP contribution in [0.5, 0.6) is 5.75 Å². The number of fused-ring (bicyclic) bond motifs is 1. The summed E-state index contributed by atoms with van der Waals surface area (Å²) in [4.78, 5) is 18.0. The topological polar surface area (TPSA) is 75.1 Å². The van der Waals surface area contributed by atoms with Crippen LogP contribution >= 0.6 is 34.8 Å². The van der Waals surface area contributed by atoms with Crippen LogP contribution in [0.3, 0.4) is 0 Å². The van der Waals surface area contributed by atoms with E-state index < -0.39 is 19.7 Å². The number of methoxy groups -OCH3 is 1. The van der Waals surface area contributed by atoms with Gasteiger partial charge in [0, 0.05) is 44.3 Å². The summed E-state index contributed by atoms with van der Waals surface area (Å²) in [6.07, 6.45) is 2.45. The van der Waals surface area contributed by atoms with Gasteiger partial charge in [0.2, 0.25) is 0 Å². The first-order valence-corrected chi connectivity index (χ1v) is 14.7. The minimum Gasteiger partial charge on any atom is -0.495 e. The maximum absolute atomic E-state index is 14.0. The third-order valence-electron chi connectivity index (χ3n) is 6.69. The minimum atomic E-state index is -3.92. The van der Waals surface area contributed by atoms with Gasteiger partial charge in [0.05, 0.1) is 23.2 Å². The van der Waals surface area contributed by atoms with Crippen molar-refractivity contribution >= 4 is 67.3 Å². The highest BCUT2D eigenvalue weighted by Gasteiger charge is 2.37. The number of ether oxygens (including phenoxy) is 1. The molecule has 2 heterocycles. The molecule has 2 aromatic carbocycles. The molecule has 206 valence electrons. The first kappa shape index (κ1) is 28.8. The van der Waals surface area contributed by atoms with E-state index in [2.05, 4.69) is 4.90 Å². The van der Waals surface area contributed by atoms with Gasteiger partial charge in [-0.05, 0) is 63.3 Å². The number of rotatable bonds is 7. The summed E-state index contributed by atoms with van der Waals surface area (Å²) in [6.45, 7) is 4.29. The number of piperazine rings is 1. The molecule has 0 radical (unpaired) electrons. The highest BCUT2D eigenvalue weighted by atomic mass is 35.6. The van der Waals surface area contributed by atoms with Gasteiger partial charge < -0.3 is 19.4 Å². The van der Waals surface area contributed by atoms with Gasteiger partial charge in [-0.15, -0.1) is 0 Å². The molecule has 0 unspecified atom stereocenters. The number of carbonyl (C=O) groups is 1. The van der Waals surface area contributed by atoms with Crippen molar-refractivity contribution in [3.63, 3.8) is 0 Å². The van der Waals surface area contributed by atoms with Crippen molar-refractivity contribution in [2.75, 3.05) is 58.8 Å². The normalized spacial score (nSPS) is 14.9. The summed E-state index contributed by atoms with van der Waals surface area (Å²) in [5, 5.41) is 0.930. The summed E-state index contributed by atoms with van der Waals surface area (Å²) < 4.78 is 32.8. The molecule has 1 aliphatic heterocycles. The number of aryl methyl sites for hydroxylation is 1. The third-order valence-corrected chi connectivity index (χ3v) is 8.85. The maximum atomic E-state index is 14.0. The quantitative estimate of drug-likeness (QED) is 0.376. The maximum Gasteiger partial charge on any atom is 0.274 e. The zero-order valence-corrected chi connectivity index (χ0v) is 24.8. The smallest absolute Gasteiger partial charge is 0.274 e. The second-order valence-electron chi connectivity index (χ2n) is 9.64. The fraction of sp³-hybridized carbons (Fsp3) is 0.423. The van der Waals surface area contributed by atoms with Crippen molar-refractivity contribution in [3.05, 3.63) is 53.7 Å². The van der Waals surface area contributed by atoms with Gasteiger partial charge in [0.1, 0.15) is 5.75 Å². The number of hydrogen-bond acceptors (Lipinski definition) is 6. The molecule has 0 spiro atoms. The first-order valence-electron chi connectivity index (χ1n) is 12.1. The standard InChI is InChI=1S/C26H31Cl3N4O4S/c1-18-5-7-22-21(15-18)19(9-10-30(2)3)17-33(22)38(35,36)20-6-8-24(37-4)23(16-20)31-11-13-32(14-12-31)25(34)26(27,28)29/h5-8,15-17H,9-14H2,1-4H3. The van der Waals surface area contributed by atoms with Crippen LogP contribution in [0.4, 0.5) is 5.69 Å². The molecule has 1 amide bonds. The second-order valence-corrected chi connectivity index (χ2v) is 13.7. The number of hydrogen-bond donors (Lipinski definition) is 0. The Kier molecular flexibility index (Phi) is 8.45. The fourth-order valence-corrected chi connectivity index (χ4v) is 6.41. The van der Waals surface area contributed by atoms with Gasteiger partial charge in [-0.3, -0.25) is 4.79 Å². The van der Waals surface area contributed by atoms with Crippen molar-refractivity contribution in [1.82, 2.24) is 13.8 Å². The lowest BCUT2D eigenvalue weighted by Gasteiger charge is -2.37. The Balaban J connectivity index is 1.69. The van der Waals surface area contributed by atoms with Crippen molar-refractivity contribution in [2.45, 2.75) is 22.0 Å². The Bertz CT molecular complexity index is 1440. The average molecular weight is 602 g/mol. The Labute approximate surface area is 238 Å². The van der Waals surface area contributed by atoms with Crippen LogP contribution in [-0.4, -0.2) is 85.8 Å².